The van der Waals surface area contributed by atoms with Crippen LogP contribution in [0.2, 0.25) is 0 Å². The molecule has 6 rings (SSSR count). The molecule has 0 spiro atoms. The van der Waals surface area contributed by atoms with E-state index in [0.29, 0.717) is 6.04 Å². The first-order valence-electron chi connectivity index (χ1n) is 9.71. The molecular weight excluding hydrogens is 348 g/mol. The molecule has 2 aliphatic heterocycles. The molecule has 2 fully saturated rings. The van der Waals surface area contributed by atoms with Crippen molar-refractivity contribution in [3.05, 3.63) is 67.0 Å². The molecule has 1 N–H and O–H groups in total. The zero-order valence-corrected chi connectivity index (χ0v) is 15.4. The predicted octanol–water partition coefficient (Wildman–Crippen LogP) is 2.87. The Morgan fingerprint density at radius 1 is 0.893 bits per heavy atom. The van der Waals surface area contributed by atoms with Crippen LogP contribution in [0.25, 0.3) is 28.2 Å². The largest absolute Gasteiger partial charge is 0.353 e. The molecule has 0 amide bonds. The van der Waals surface area contributed by atoms with Gasteiger partial charge in [-0.1, -0.05) is 30.3 Å². The maximum atomic E-state index is 5.01. The van der Waals surface area contributed by atoms with Gasteiger partial charge in [-0.05, 0) is 24.3 Å². The lowest BCUT2D eigenvalue weighted by Crippen LogP contribution is -2.51. The summed E-state index contributed by atoms with van der Waals surface area (Å²) in [6.07, 6.45) is 3.63. The van der Waals surface area contributed by atoms with E-state index in [9.17, 15) is 0 Å². The van der Waals surface area contributed by atoms with Crippen molar-refractivity contribution in [2.24, 2.45) is 5.92 Å². The van der Waals surface area contributed by atoms with Crippen molar-refractivity contribution < 1.29 is 0 Å². The fourth-order valence-electron chi connectivity index (χ4n) is 4.30. The highest BCUT2D eigenvalue weighted by molar-refractivity contribution is 5.81. The third-order valence-electron chi connectivity index (χ3n) is 5.87. The van der Waals surface area contributed by atoms with Crippen LogP contribution in [0.4, 0.5) is 5.82 Å². The van der Waals surface area contributed by atoms with E-state index >= 15 is 0 Å². The maximum absolute atomic E-state index is 5.01. The van der Waals surface area contributed by atoms with Crippen molar-refractivity contribution in [1.82, 2.24) is 24.9 Å². The number of nitrogens with zero attached hydrogens (tertiary/aromatic N) is 5. The lowest BCUT2D eigenvalue weighted by molar-refractivity contribution is 0.297. The minimum atomic E-state index is 0.611. The van der Waals surface area contributed by atoms with E-state index < -0.39 is 0 Å². The van der Waals surface area contributed by atoms with Gasteiger partial charge in [0.2, 0.25) is 0 Å². The molecule has 4 aromatic rings. The Morgan fingerprint density at radius 2 is 1.75 bits per heavy atom. The molecule has 0 aliphatic carbocycles. The molecule has 2 unspecified atom stereocenters. The second-order valence-electron chi connectivity index (χ2n) is 7.55. The van der Waals surface area contributed by atoms with Crippen LogP contribution in [0.15, 0.2) is 67.0 Å². The van der Waals surface area contributed by atoms with E-state index in [0.717, 1.165) is 59.5 Å². The van der Waals surface area contributed by atoms with Crippen LogP contribution in [0.1, 0.15) is 0 Å². The first kappa shape index (κ1) is 15.8. The summed E-state index contributed by atoms with van der Waals surface area (Å²) in [5.41, 5.74) is 4.96. The highest BCUT2D eigenvalue weighted by Crippen LogP contribution is 2.33. The standard InChI is InChI=1S/C22H20N6/c1-2-4-15(5-3-1)21-22(16-8-10-23-11-9-16)28-19(25-21)6-7-20(26-28)27-13-17-12-24-18(17)14-27/h1-11,17-18,24H,12-14H2. The van der Waals surface area contributed by atoms with E-state index in [4.69, 9.17) is 10.1 Å². The predicted molar refractivity (Wildman–Crippen MR) is 109 cm³/mol. The number of pyridine rings is 1. The number of fused-ring (bicyclic) bond motifs is 2. The summed E-state index contributed by atoms with van der Waals surface area (Å²) in [5.74, 6) is 1.76. The molecule has 6 heteroatoms. The number of aromatic nitrogens is 4. The second kappa shape index (κ2) is 6.14. The molecular formula is C22H20N6. The molecule has 2 aliphatic rings. The van der Waals surface area contributed by atoms with Crippen LogP contribution in [0.3, 0.4) is 0 Å². The Morgan fingerprint density at radius 3 is 2.46 bits per heavy atom. The number of rotatable bonds is 3. The average molecular weight is 368 g/mol. The first-order valence-corrected chi connectivity index (χ1v) is 9.71. The average Bonchev–Trinajstić information content (AvgIpc) is 3.26. The lowest BCUT2D eigenvalue weighted by atomic mass is 9.96. The topological polar surface area (TPSA) is 58.4 Å². The normalized spacial score (nSPS) is 20.9. The van der Waals surface area contributed by atoms with E-state index in [-0.39, 0.29) is 0 Å². The van der Waals surface area contributed by atoms with Gasteiger partial charge < -0.3 is 10.2 Å². The minimum absolute atomic E-state index is 0.611. The van der Waals surface area contributed by atoms with E-state index in [2.05, 4.69) is 39.5 Å². The molecule has 2 atom stereocenters. The summed E-state index contributed by atoms with van der Waals surface area (Å²) in [5, 5.41) is 8.52. The van der Waals surface area contributed by atoms with Crippen molar-refractivity contribution in [3.63, 3.8) is 0 Å². The Hall–Kier alpha value is -3.25. The molecule has 1 aromatic carbocycles. The minimum Gasteiger partial charge on any atom is -0.353 e. The van der Waals surface area contributed by atoms with Gasteiger partial charge in [0.1, 0.15) is 11.5 Å². The summed E-state index contributed by atoms with van der Waals surface area (Å²) in [4.78, 5) is 11.5. The van der Waals surface area contributed by atoms with Gasteiger partial charge in [0.15, 0.2) is 5.65 Å². The fraction of sp³-hybridized carbons (Fsp3) is 0.227. The molecule has 28 heavy (non-hydrogen) atoms. The number of benzene rings is 1. The Bertz CT molecular complexity index is 1130. The summed E-state index contributed by atoms with van der Waals surface area (Å²) in [7, 11) is 0. The van der Waals surface area contributed by atoms with Gasteiger partial charge in [0, 0.05) is 55.1 Å². The van der Waals surface area contributed by atoms with Gasteiger partial charge in [-0.15, -0.1) is 5.10 Å². The van der Waals surface area contributed by atoms with Crippen LogP contribution in [0.5, 0.6) is 0 Å². The Labute approximate surface area is 162 Å². The van der Waals surface area contributed by atoms with Crippen LogP contribution < -0.4 is 10.2 Å². The third-order valence-corrected chi connectivity index (χ3v) is 5.87. The van der Waals surface area contributed by atoms with Gasteiger partial charge in [-0.25, -0.2) is 9.50 Å². The quantitative estimate of drug-likeness (QED) is 0.603. The van der Waals surface area contributed by atoms with Crippen LogP contribution in [-0.4, -0.2) is 45.3 Å². The van der Waals surface area contributed by atoms with Crippen LogP contribution in [-0.2, 0) is 0 Å². The molecule has 2 saturated heterocycles. The molecule has 0 bridgehead atoms. The molecule has 0 saturated carbocycles. The van der Waals surface area contributed by atoms with Crippen molar-refractivity contribution in [2.75, 3.05) is 24.5 Å². The summed E-state index contributed by atoms with van der Waals surface area (Å²) in [6, 6.07) is 19.1. The highest BCUT2D eigenvalue weighted by Gasteiger charge is 2.39. The smallest absolute Gasteiger partial charge is 0.155 e. The van der Waals surface area contributed by atoms with Crippen molar-refractivity contribution in [1.29, 1.82) is 0 Å². The number of hydrogen-bond donors (Lipinski definition) is 1. The molecule has 3 aromatic heterocycles. The molecule has 5 heterocycles. The van der Waals surface area contributed by atoms with E-state index in [1.807, 2.05) is 47.2 Å². The fourth-order valence-corrected chi connectivity index (χ4v) is 4.30. The van der Waals surface area contributed by atoms with Crippen molar-refractivity contribution in [2.45, 2.75) is 6.04 Å². The highest BCUT2D eigenvalue weighted by atomic mass is 15.4. The monoisotopic (exact) mass is 368 g/mol. The maximum Gasteiger partial charge on any atom is 0.155 e. The summed E-state index contributed by atoms with van der Waals surface area (Å²) in [6.45, 7) is 3.21. The Balaban J connectivity index is 1.54. The number of imidazole rings is 1. The first-order chi connectivity index (χ1) is 13.9. The molecule has 0 radical (unpaired) electrons. The summed E-state index contributed by atoms with van der Waals surface area (Å²) >= 11 is 0. The van der Waals surface area contributed by atoms with Gasteiger partial charge >= 0.3 is 0 Å². The van der Waals surface area contributed by atoms with E-state index in [1.165, 1.54) is 0 Å². The van der Waals surface area contributed by atoms with Crippen LogP contribution in [0, 0.1) is 5.92 Å². The second-order valence-corrected chi connectivity index (χ2v) is 7.55. The van der Waals surface area contributed by atoms with E-state index in [1.54, 1.807) is 0 Å². The zero-order valence-electron chi connectivity index (χ0n) is 15.4. The van der Waals surface area contributed by atoms with Gasteiger partial charge in [-0.2, -0.15) is 0 Å². The van der Waals surface area contributed by atoms with Crippen LogP contribution >= 0.6 is 0 Å². The third kappa shape index (κ3) is 2.42. The SMILES string of the molecule is c1ccc(-c2nc3ccc(N4CC5CNC5C4)nn3c2-c2ccncc2)cc1. The van der Waals surface area contributed by atoms with Gasteiger partial charge in [0.05, 0.1) is 5.69 Å². The molecule has 138 valence electrons. The summed E-state index contributed by atoms with van der Waals surface area (Å²) < 4.78 is 1.99. The van der Waals surface area contributed by atoms with Crippen molar-refractivity contribution >= 4 is 11.5 Å². The number of hydrogen-bond acceptors (Lipinski definition) is 5. The zero-order chi connectivity index (χ0) is 18.5. The number of nitrogens with one attached hydrogen (secondary N) is 1. The van der Waals surface area contributed by atoms with Gasteiger partial charge in [-0.3, -0.25) is 4.98 Å². The number of anilines is 1. The Kier molecular flexibility index (Phi) is 3.46. The lowest BCUT2D eigenvalue weighted by Gasteiger charge is -2.29. The van der Waals surface area contributed by atoms with Gasteiger partial charge in [0.25, 0.3) is 0 Å². The molecule has 6 nitrogen and oxygen atoms in total. The van der Waals surface area contributed by atoms with Crippen molar-refractivity contribution in [3.8, 4) is 22.5 Å².